The first-order valence-electron chi connectivity index (χ1n) is 6.33. The fraction of sp³-hybridized carbons (Fsp3) is 0.571. The number of nitrogen functional groups attached to an aromatic ring is 1. The Bertz CT molecular complexity index is 343. The highest BCUT2D eigenvalue weighted by Crippen LogP contribution is 2.36. The van der Waals surface area contributed by atoms with E-state index in [0.717, 1.165) is 11.4 Å². The van der Waals surface area contributed by atoms with Gasteiger partial charge in [0, 0.05) is 11.8 Å². The number of hydrogen-bond acceptors (Lipinski definition) is 2. The Balaban J connectivity index is 2.14. The smallest absolute Gasteiger partial charge is 0.121 e. The second-order valence-corrected chi connectivity index (χ2v) is 4.56. The predicted octanol–water partition coefficient (Wildman–Crippen LogP) is 3.72. The molecule has 0 radical (unpaired) electrons. The lowest BCUT2D eigenvalue weighted by atomic mass is 9.83. The minimum absolute atomic E-state index is 0.671. The van der Waals surface area contributed by atoms with Gasteiger partial charge in [0.25, 0.3) is 0 Å². The second kappa shape index (κ2) is 5.24. The summed E-state index contributed by atoms with van der Waals surface area (Å²) in [5.74, 6) is 1.56. The highest BCUT2D eigenvalue weighted by molar-refractivity contribution is 5.53. The fourth-order valence-electron chi connectivity index (χ4n) is 2.59. The molecule has 88 valence electrons. The number of anilines is 1. The van der Waals surface area contributed by atoms with E-state index in [1.807, 2.05) is 19.1 Å². The molecule has 1 saturated carbocycles. The van der Waals surface area contributed by atoms with Gasteiger partial charge in [-0.1, -0.05) is 25.3 Å². The maximum absolute atomic E-state index is 6.10. The van der Waals surface area contributed by atoms with Crippen molar-refractivity contribution in [2.45, 2.75) is 44.9 Å². The highest BCUT2D eigenvalue weighted by atomic mass is 16.5. The molecule has 2 rings (SSSR count). The molecule has 0 heterocycles. The number of nitrogens with two attached hydrogens (primary N) is 1. The summed E-state index contributed by atoms with van der Waals surface area (Å²) < 4.78 is 5.45. The van der Waals surface area contributed by atoms with Crippen molar-refractivity contribution in [2.24, 2.45) is 0 Å². The van der Waals surface area contributed by atoms with Gasteiger partial charge in [-0.05, 0) is 37.3 Å². The van der Waals surface area contributed by atoms with Crippen LogP contribution in [0.5, 0.6) is 5.75 Å². The molecule has 0 atom stereocenters. The number of ether oxygens (including phenoxy) is 1. The predicted molar refractivity (Wildman–Crippen MR) is 67.8 cm³/mol. The molecule has 0 unspecified atom stereocenters. The quantitative estimate of drug-likeness (QED) is 0.786. The Morgan fingerprint density at radius 3 is 2.62 bits per heavy atom. The molecule has 2 heteroatoms. The molecule has 0 saturated heterocycles. The molecule has 0 bridgehead atoms. The summed E-state index contributed by atoms with van der Waals surface area (Å²) in [6.45, 7) is 2.69. The molecule has 0 aliphatic heterocycles. The Hall–Kier alpha value is -1.18. The third kappa shape index (κ3) is 2.49. The molecule has 1 aromatic carbocycles. The van der Waals surface area contributed by atoms with Crippen molar-refractivity contribution in [2.75, 3.05) is 12.3 Å². The molecule has 0 amide bonds. The van der Waals surface area contributed by atoms with Crippen molar-refractivity contribution in [1.82, 2.24) is 0 Å². The SMILES string of the molecule is CCOc1ccc(C2CCCCC2)c(N)c1. The molecule has 2 N–H and O–H groups in total. The van der Waals surface area contributed by atoms with Crippen molar-refractivity contribution in [3.63, 3.8) is 0 Å². The summed E-state index contributed by atoms with van der Waals surface area (Å²) in [6.07, 6.45) is 6.65. The van der Waals surface area contributed by atoms with Gasteiger partial charge in [-0.2, -0.15) is 0 Å². The van der Waals surface area contributed by atoms with Crippen LogP contribution in [0.4, 0.5) is 5.69 Å². The van der Waals surface area contributed by atoms with Crippen molar-refractivity contribution >= 4 is 5.69 Å². The topological polar surface area (TPSA) is 35.2 Å². The van der Waals surface area contributed by atoms with Gasteiger partial charge < -0.3 is 10.5 Å². The summed E-state index contributed by atoms with van der Waals surface area (Å²) in [4.78, 5) is 0. The lowest BCUT2D eigenvalue weighted by Gasteiger charge is -2.23. The molecule has 1 aromatic rings. The summed E-state index contributed by atoms with van der Waals surface area (Å²) in [6, 6.07) is 6.16. The standard InChI is InChI=1S/C14H21NO/c1-2-16-12-8-9-13(14(15)10-12)11-6-4-3-5-7-11/h8-11H,2-7,15H2,1H3. The molecule has 16 heavy (non-hydrogen) atoms. The van der Waals surface area contributed by atoms with Gasteiger partial charge in [0.2, 0.25) is 0 Å². The minimum Gasteiger partial charge on any atom is -0.494 e. The van der Waals surface area contributed by atoms with Crippen LogP contribution in [0.1, 0.15) is 50.5 Å². The molecule has 0 aromatic heterocycles. The number of benzene rings is 1. The van der Waals surface area contributed by atoms with Crippen LogP contribution in [0.25, 0.3) is 0 Å². The van der Waals surface area contributed by atoms with Crippen LogP contribution in [0.15, 0.2) is 18.2 Å². The third-order valence-corrected chi connectivity index (χ3v) is 3.41. The maximum atomic E-state index is 6.10. The van der Waals surface area contributed by atoms with Crippen molar-refractivity contribution in [1.29, 1.82) is 0 Å². The van der Waals surface area contributed by atoms with E-state index in [9.17, 15) is 0 Å². The van der Waals surface area contributed by atoms with Crippen LogP contribution in [-0.2, 0) is 0 Å². The number of hydrogen-bond donors (Lipinski definition) is 1. The highest BCUT2D eigenvalue weighted by Gasteiger charge is 2.17. The third-order valence-electron chi connectivity index (χ3n) is 3.41. The Labute approximate surface area is 97.8 Å². The molecule has 1 fully saturated rings. The fourth-order valence-corrected chi connectivity index (χ4v) is 2.59. The zero-order valence-corrected chi connectivity index (χ0v) is 10.0. The first kappa shape index (κ1) is 11.3. The van der Waals surface area contributed by atoms with E-state index in [1.165, 1.54) is 37.7 Å². The summed E-state index contributed by atoms with van der Waals surface area (Å²) in [5.41, 5.74) is 8.33. The summed E-state index contributed by atoms with van der Waals surface area (Å²) >= 11 is 0. The molecule has 1 aliphatic carbocycles. The van der Waals surface area contributed by atoms with E-state index in [2.05, 4.69) is 6.07 Å². The Kier molecular flexibility index (Phi) is 3.70. The van der Waals surface area contributed by atoms with Crippen molar-refractivity contribution in [3.8, 4) is 5.75 Å². The van der Waals surface area contributed by atoms with Crippen LogP contribution in [0, 0.1) is 0 Å². The van der Waals surface area contributed by atoms with Crippen LogP contribution >= 0.6 is 0 Å². The molecule has 0 spiro atoms. The second-order valence-electron chi connectivity index (χ2n) is 4.56. The molecule has 2 nitrogen and oxygen atoms in total. The monoisotopic (exact) mass is 219 g/mol. The lowest BCUT2D eigenvalue weighted by molar-refractivity contribution is 0.340. The van der Waals surface area contributed by atoms with Gasteiger partial charge in [-0.15, -0.1) is 0 Å². The normalized spacial score (nSPS) is 17.3. The summed E-state index contributed by atoms with van der Waals surface area (Å²) in [7, 11) is 0. The van der Waals surface area contributed by atoms with Crippen LogP contribution in [-0.4, -0.2) is 6.61 Å². The largest absolute Gasteiger partial charge is 0.494 e. The van der Waals surface area contributed by atoms with Gasteiger partial charge in [0.1, 0.15) is 5.75 Å². The zero-order chi connectivity index (χ0) is 11.4. The van der Waals surface area contributed by atoms with E-state index in [4.69, 9.17) is 10.5 Å². The maximum Gasteiger partial charge on any atom is 0.121 e. The Morgan fingerprint density at radius 2 is 2.00 bits per heavy atom. The average Bonchev–Trinajstić information content (AvgIpc) is 2.31. The van der Waals surface area contributed by atoms with Gasteiger partial charge >= 0.3 is 0 Å². The van der Waals surface area contributed by atoms with Gasteiger partial charge in [-0.25, -0.2) is 0 Å². The zero-order valence-electron chi connectivity index (χ0n) is 10.0. The number of rotatable bonds is 3. The first-order chi connectivity index (χ1) is 7.81. The van der Waals surface area contributed by atoms with E-state index in [-0.39, 0.29) is 0 Å². The molecular formula is C14H21NO. The van der Waals surface area contributed by atoms with E-state index in [1.54, 1.807) is 0 Å². The van der Waals surface area contributed by atoms with Crippen LogP contribution in [0.2, 0.25) is 0 Å². The lowest BCUT2D eigenvalue weighted by Crippen LogP contribution is -2.07. The average molecular weight is 219 g/mol. The summed E-state index contributed by atoms with van der Waals surface area (Å²) in [5, 5.41) is 0. The van der Waals surface area contributed by atoms with Crippen molar-refractivity contribution < 1.29 is 4.74 Å². The first-order valence-corrected chi connectivity index (χ1v) is 6.33. The molecule has 1 aliphatic rings. The Morgan fingerprint density at radius 1 is 1.25 bits per heavy atom. The van der Waals surface area contributed by atoms with Gasteiger partial charge in [0.15, 0.2) is 0 Å². The van der Waals surface area contributed by atoms with E-state index >= 15 is 0 Å². The minimum atomic E-state index is 0.671. The van der Waals surface area contributed by atoms with E-state index < -0.39 is 0 Å². The van der Waals surface area contributed by atoms with E-state index in [0.29, 0.717) is 12.5 Å². The van der Waals surface area contributed by atoms with Gasteiger partial charge in [-0.3, -0.25) is 0 Å². The van der Waals surface area contributed by atoms with Gasteiger partial charge in [0.05, 0.1) is 6.61 Å². The van der Waals surface area contributed by atoms with Crippen LogP contribution < -0.4 is 10.5 Å². The molecular weight excluding hydrogens is 198 g/mol. The van der Waals surface area contributed by atoms with Crippen LogP contribution in [0.3, 0.4) is 0 Å². The van der Waals surface area contributed by atoms with Crippen molar-refractivity contribution in [3.05, 3.63) is 23.8 Å².